The molecule has 3 nitrogen and oxygen atoms in total. The lowest BCUT2D eigenvalue weighted by atomic mass is 9.93. The molecule has 0 bridgehead atoms. The molecule has 0 spiro atoms. The van der Waals surface area contributed by atoms with Crippen LogP contribution in [0, 0.1) is 18.7 Å². The summed E-state index contributed by atoms with van der Waals surface area (Å²) in [5.74, 6) is 0.159. The number of carbonyl (C=O) groups is 1. The van der Waals surface area contributed by atoms with E-state index in [4.69, 9.17) is 0 Å². The van der Waals surface area contributed by atoms with Crippen molar-refractivity contribution in [1.82, 2.24) is 5.32 Å². The molecule has 1 aromatic carbocycles. The van der Waals surface area contributed by atoms with E-state index in [2.05, 4.69) is 10.6 Å². The molecule has 2 N–H and O–H groups in total. The van der Waals surface area contributed by atoms with Gasteiger partial charge in [-0.2, -0.15) is 0 Å². The number of amides is 1. The van der Waals surface area contributed by atoms with E-state index in [1.54, 1.807) is 12.1 Å². The fourth-order valence-electron chi connectivity index (χ4n) is 2.44. The molecule has 1 heterocycles. The smallest absolute Gasteiger partial charge is 0.224 e. The van der Waals surface area contributed by atoms with Crippen LogP contribution in [-0.4, -0.2) is 19.0 Å². The molecule has 1 aromatic rings. The Morgan fingerprint density at radius 2 is 2.10 bits per heavy atom. The first-order valence-corrected chi connectivity index (χ1v) is 6.92. The summed E-state index contributed by atoms with van der Waals surface area (Å²) >= 11 is 0. The SMILES string of the molecule is Cc1ccc(NC(=O)CCC2CCNCC2)c(F)c1.Cl. The van der Waals surface area contributed by atoms with E-state index >= 15 is 0 Å². The fourth-order valence-corrected chi connectivity index (χ4v) is 2.44. The standard InChI is InChI=1S/C15H21FN2O.ClH/c1-11-2-4-14(13(16)10-11)18-15(19)5-3-12-6-8-17-9-7-12;/h2,4,10,12,17H,3,5-9H2,1H3,(H,18,19);1H. The maximum Gasteiger partial charge on any atom is 0.224 e. The van der Waals surface area contributed by atoms with Crippen LogP contribution in [0.4, 0.5) is 10.1 Å². The topological polar surface area (TPSA) is 41.1 Å². The predicted octanol–water partition coefficient (Wildman–Crippen LogP) is 3.27. The van der Waals surface area contributed by atoms with Crippen molar-refractivity contribution >= 4 is 24.0 Å². The first-order valence-electron chi connectivity index (χ1n) is 6.92. The van der Waals surface area contributed by atoms with Gasteiger partial charge in [0.25, 0.3) is 0 Å². The largest absolute Gasteiger partial charge is 0.324 e. The summed E-state index contributed by atoms with van der Waals surface area (Å²) in [4.78, 5) is 11.8. The number of halogens is 2. The Hall–Kier alpha value is -1.13. The van der Waals surface area contributed by atoms with Gasteiger partial charge < -0.3 is 10.6 Å². The molecule has 0 aliphatic carbocycles. The molecular formula is C15H22ClFN2O. The van der Waals surface area contributed by atoms with Gasteiger partial charge >= 0.3 is 0 Å². The second-order valence-corrected chi connectivity index (χ2v) is 5.26. The maximum absolute atomic E-state index is 13.6. The highest BCUT2D eigenvalue weighted by molar-refractivity contribution is 5.90. The van der Waals surface area contributed by atoms with Gasteiger partial charge in [0.05, 0.1) is 5.69 Å². The summed E-state index contributed by atoms with van der Waals surface area (Å²) in [5.41, 5.74) is 1.13. The Labute approximate surface area is 125 Å². The van der Waals surface area contributed by atoms with Gasteiger partial charge in [0, 0.05) is 6.42 Å². The van der Waals surface area contributed by atoms with E-state index < -0.39 is 0 Å². The van der Waals surface area contributed by atoms with Crippen molar-refractivity contribution in [2.75, 3.05) is 18.4 Å². The van der Waals surface area contributed by atoms with E-state index in [0.717, 1.165) is 37.9 Å². The minimum Gasteiger partial charge on any atom is -0.324 e. The van der Waals surface area contributed by atoms with E-state index in [-0.39, 0.29) is 29.8 Å². The second kappa shape index (κ2) is 8.22. The van der Waals surface area contributed by atoms with Gasteiger partial charge in [0.15, 0.2) is 0 Å². The Balaban J connectivity index is 0.00000200. The van der Waals surface area contributed by atoms with Crippen LogP contribution in [0.1, 0.15) is 31.2 Å². The maximum atomic E-state index is 13.6. The molecule has 1 aliphatic heterocycles. The number of piperidine rings is 1. The van der Waals surface area contributed by atoms with E-state index in [9.17, 15) is 9.18 Å². The van der Waals surface area contributed by atoms with Crippen LogP contribution >= 0.6 is 12.4 Å². The number of anilines is 1. The molecular weight excluding hydrogens is 279 g/mol. The number of hydrogen-bond acceptors (Lipinski definition) is 2. The molecule has 1 amide bonds. The molecule has 1 aliphatic rings. The Kier molecular flexibility index (Phi) is 6.96. The Bertz CT molecular complexity index is 447. The number of carbonyl (C=O) groups excluding carboxylic acids is 1. The van der Waals surface area contributed by atoms with Crippen LogP contribution in [0.2, 0.25) is 0 Å². The summed E-state index contributed by atoms with van der Waals surface area (Å²) in [6, 6.07) is 4.85. The van der Waals surface area contributed by atoms with Crippen LogP contribution in [0.15, 0.2) is 18.2 Å². The summed E-state index contributed by atoms with van der Waals surface area (Å²) in [6.07, 6.45) is 3.62. The highest BCUT2D eigenvalue weighted by Gasteiger charge is 2.15. The number of rotatable bonds is 4. The minimum atomic E-state index is -0.366. The quantitative estimate of drug-likeness (QED) is 0.896. The van der Waals surface area contributed by atoms with E-state index in [1.165, 1.54) is 6.07 Å². The van der Waals surface area contributed by atoms with Crippen LogP contribution in [0.5, 0.6) is 0 Å². The van der Waals surface area contributed by atoms with Gasteiger partial charge in [-0.25, -0.2) is 4.39 Å². The molecule has 20 heavy (non-hydrogen) atoms. The Morgan fingerprint density at radius 3 is 2.75 bits per heavy atom. The first-order chi connectivity index (χ1) is 9.15. The van der Waals surface area contributed by atoms with Gasteiger partial charge in [-0.05, 0) is 62.9 Å². The highest BCUT2D eigenvalue weighted by atomic mass is 35.5. The van der Waals surface area contributed by atoms with E-state index in [0.29, 0.717) is 12.3 Å². The van der Waals surface area contributed by atoms with Crippen molar-refractivity contribution in [1.29, 1.82) is 0 Å². The molecule has 0 unspecified atom stereocenters. The van der Waals surface area contributed by atoms with Gasteiger partial charge in [-0.1, -0.05) is 6.07 Å². The average molecular weight is 301 g/mol. The van der Waals surface area contributed by atoms with Crippen LogP contribution < -0.4 is 10.6 Å². The average Bonchev–Trinajstić information content (AvgIpc) is 2.41. The lowest BCUT2D eigenvalue weighted by Crippen LogP contribution is -2.28. The summed E-state index contributed by atoms with van der Waals surface area (Å²) in [6.45, 7) is 3.91. The molecule has 5 heteroatoms. The van der Waals surface area contributed by atoms with Crippen LogP contribution in [-0.2, 0) is 4.79 Å². The molecule has 1 fully saturated rings. The number of aryl methyl sites for hydroxylation is 1. The normalized spacial score (nSPS) is 15.5. The van der Waals surface area contributed by atoms with Crippen molar-refractivity contribution in [3.8, 4) is 0 Å². The van der Waals surface area contributed by atoms with Gasteiger partial charge in [0.1, 0.15) is 5.82 Å². The van der Waals surface area contributed by atoms with Crippen molar-refractivity contribution in [2.24, 2.45) is 5.92 Å². The molecule has 0 saturated carbocycles. The van der Waals surface area contributed by atoms with Gasteiger partial charge in [0.2, 0.25) is 5.91 Å². The highest BCUT2D eigenvalue weighted by Crippen LogP contribution is 2.19. The predicted molar refractivity (Wildman–Crippen MR) is 81.8 cm³/mol. The third-order valence-electron chi connectivity index (χ3n) is 3.64. The number of nitrogens with one attached hydrogen (secondary N) is 2. The lowest BCUT2D eigenvalue weighted by molar-refractivity contribution is -0.116. The third kappa shape index (κ3) is 5.10. The van der Waals surface area contributed by atoms with Crippen molar-refractivity contribution in [2.45, 2.75) is 32.6 Å². The molecule has 0 aromatic heterocycles. The molecule has 112 valence electrons. The second-order valence-electron chi connectivity index (χ2n) is 5.26. The zero-order valence-corrected chi connectivity index (χ0v) is 12.6. The minimum absolute atomic E-state index is 0. The summed E-state index contributed by atoms with van der Waals surface area (Å²) in [7, 11) is 0. The van der Waals surface area contributed by atoms with E-state index in [1.807, 2.05) is 6.92 Å². The third-order valence-corrected chi connectivity index (χ3v) is 3.64. The molecule has 1 saturated heterocycles. The van der Waals surface area contributed by atoms with Gasteiger partial charge in [-0.3, -0.25) is 4.79 Å². The lowest BCUT2D eigenvalue weighted by Gasteiger charge is -2.22. The zero-order valence-electron chi connectivity index (χ0n) is 11.7. The molecule has 2 rings (SSSR count). The molecule has 0 radical (unpaired) electrons. The fraction of sp³-hybridized carbons (Fsp3) is 0.533. The van der Waals surface area contributed by atoms with Crippen LogP contribution in [0.3, 0.4) is 0 Å². The number of benzene rings is 1. The number of hydrogen-bond donors (Lipinski definition) is 2. The summed E-state index contributed by atoms with van der Waals surface area (Å²) < 4.78 is 13.6. The first kappa shape index (κ1) is 16.9. The van der Waals surface area contributed by atoms with Crippen LogP contribution in [0.25, 0.3) is 0 Å². The van der Waals surface area contributed by atoms with Crippen molar-refractivity contribution in [3.63, 3.8) is 0 Å². The Morgan fingerprint density at radius 1 is 1.40 bits per heavy atom. The molecule has 0 atom stereocenters. The van der Waals surface area contributed by atoms with Gasteiger partial charge in [-0.15, -0.1) is 12.4 Å². The van der Waals surface area contributed by atoms with Crippen molar-refractivity contribution in [3.05, 3.63) is 29.6 Å². The monoisotopic (exact) mass is 300 g/mol. The van der Waals surface area contributed by atoms with Crippen molar-refractivity contribution < 1.29 is 9.18 Å². The summed E-state index contributed by atoms with van der Waals surface area (Å²) in [5, 5.41) is 5.95. The zero-order chi connectivity index (χ0) is 13.7.